The monoisotopic (exact) mass is 321 g/mol. The summed E-state index contributed by atoms with van der Waals surface area (Å²) in [5.74, 6) is 0. The fourth-order valence-electron chi connectivity index (χ4n) is 3.09. The van der Waals surface area contributed by atoms with E-state index in [4.69, 9.17) is 0 Å². The minimum atomic E-state index is -0.0209. The summed E-state index contributed by atoms with van der Waals surface area (Å²) in [6, 6.07) is 0. The van der Waals surface area contributed by atoms with Crippen LogP contribution in [0.2, 0.25) is 11.1 Å². The first-order valence-corrected chi connectivity index (χ1v) is 11.2. The Bertz CT molecular complexity index is 142. The van der Waals surface area contributed by atoms with Gasteiger partial charge in [0.05, 0.1) is 0 Å². The Morgan fingerprint density at radius 3 is 1.36 bits per heavy atom. The van der Waals surface area contributed by atoms with E-state index in [0.29, 0.717) is 0 Å². The van der Waals surface area contributed by atoms with Crippen LogP contribution in [0.1, 0.15) is 64.2 Å². The molecule has 0 bridgehead atoms. The van der Waals surface area contributed by atoms with Gasteiger partial charge in [-0.2, -0.15) is 0 Å². The molecular formula is C12H22ISi. The molecule has 0 aromatic carbocycles. The summed E-state index contributed by atoms with van der Waals surface area (Å²) in [5, 5.41) is 0. The lowest BCUT2D eigenvalue weighted by atomic mass is 9.99. The van der Waals surface area contributed by atoms with Crippen LogP contribution in [0.25, 0.3) is 0 Å². The number of halogens is 1. The summed E-state index contributed by atoms with van der Waals surface area (Å²) in [6.07, 6.45) is 15.5. The molecule has 0 heterocycles. The van der Waals surface area contributed by atoms with Gasteiger partial charge in [-0.1, -0.05) is 64.2 Å². The maximum atomic E-state index is 2.88. The minimum Gasteiger partial charge on any atom is -0.121 e. The van der Waals surface area contributed by atoms with E-state index in [9.17, 15) is 0 Å². The Hall–Kier alpha value is 0.947. The fraction of sp³-hybridized carbons (Fsp3) is 1.00. The molecule has 0 amide bonds. The standard InChI is InChI=1S/C12H22ISi/c13-14(11-7-3-1-4-8-11)12-9-5-2-6-10-12/h11-12H,1-10H2. The van der Waals surface area contributed by atoms with Crippen molar-refractivity contribution in [3.8, 4) is 0 Å². The molecule has 0 N–H and O–H groups in total. The Morgan fingerprint density at radius 2 is 1.00 bits per heavy atom. The fourth-order valence-corrected chi connectivity index (χ4v) is 9.41. The molecule has 2 aliphatic carbocycles. The summed E-state index contributed by atoms with van der Waals surface area (Å²) in [7, 11) is 0. The number of hydrogen-bond acceptors (Lipinski definition) is 0. The van der Waals surface area contributed by atoms with Crippen LogP contribution >= 0.6 is 21.8 Å². The van der Waals surface area contributed by atoms with E-state index in [1.54, 1.807) is 25.7 Å². The highest BCUT2D eigenvalue weighted by Crippen LogP contribution is 2.43. The highest BCUT2D eigenvalue weighted by Gasteiger charge is 2.31. The number of hydrogen-bond donors (Lipinski definition) is 0. The first kappa shape index (κ1) is 11.4. The molecule has 2 heteroatoms. The van der Waals surface area contributed by atoms with Gasteiger partial charge in [0.25, 0.3) is 0 Å². The van der Waals surface area contributed by atoms with Crippen molar-refractivity contribution < 1.29 is 0 Å². The highest BCUT2D eigenvalue weighted by atomic mass is 127. The summed E-state index contributed by atoms with van der Waals surface area (Å²) in [6.45, 7) is 0. The molecule has 0 aromatic heterocycles. The van der Waals surface area contributed by atoms with Crippen LogP contribution in [0.3, 0.4) is 0 Å². The van der Waals surface area contributed by atoms with Gasteiger partial charge in [0.15, 0.2) is 0 Å². The maximum absolute atomic E-state index is 2.88. The van der Waals surface area contributed by atoms with E-state index in [1.165, 1.54) is 49.6 Å². The third kappa shape index (κ3) is 2.97. The molecule has 2 saturated carbocycles. The predicted molar refractivity (Wildman–Crippen MR) is 73.4 cm³/mol. The second-order valence-electron chi connectivity index (χ2n) is 5.05. The molecule has 2 rings (SSSR count). The van der Waals surface area contributed by atoms with E-state index in [2.05, 4.69) is 21.8 Å². The topological polar surface area (TPSA) is 0 Å². The van der Waals surface area contributed by atoms with Gasteiger partial charge in [-0.05, 0) is 11.1 Å². The average molecular weight is 321 g/mol. The van der Waals surface area contributed by atoms with Crippen LogP contribution in [-0.4, -0.2) is 6.29 Å². The van der Waals surface area contributed by atoms with Gasteiger partial charge in [0.1, 0.15) is 6.29 Å². The molecule has 2 aliphatic rings. The van der Waals surface area contributed by atoms with E-state index < -0.39 is 0 Å². The smallest absolute Gasteiger partial charge is 0.121 e. The van der Waals surface area contributed by atoms with Crippen molar-refractivity contribution in [1.82, 2.24) is 0 Å². The first-order chi connectivity index (χ1) is 6.88. The van der Waals surface area contributed by atoms with Gasteiger partial charge >= 0.3 is 0 Å². The van der Waals surface area contributed by atoms with Gasteiger partial charge in [0.2, 0.25) is 0 Å². The SMILES string of the molecule is I[Si](C1CCCCC1)C1CCCCC1. The second kappa shape index (κ2) is 5.88. The summed E-state index contributed by atoms with van der Waals surface area (Å²) >= 11 is 2.88. The van der Waals surface area contributed by atoms with Gasteiger partial charge in [-0.15, -0.1) is 21.8 Å². The second-order valence-corrected chi connectivity index (χ2v) is 11.2. The molecule has 0 saturated heterocycles. The Labute approximate surface area is 103 Å². The van der Waals surface area contributed by atoms with Crippen LogP contribution in [0.4, 0.5) is 0 Å². The molecule has 0 aliphatic heterocycles. The third-order valence-electron chi connectivity index (χ3n) is 3.99. The molecule has 0 unspecified atom stereocenters. The summed E-state index contributed by atoms with van der Waals surface area (Å²) in [4.78, 5) is 0. The molecule has 2 fully saturated rings. The quantitative estimate of drug-likeness (QED) is 0.378. The number of rotatable bonds is 2. The van der Waals surface area contributed by atoms with Crippen molar-refractivity contribution in [3.63, 3.8) is 0 Å². The van der Waals surface area contributed by atoms with E-state index in [0.717, 1.165) is 0 Å². The molecule has 1 radical (unpaired) electrons. The summed E-state index contributed by atoms with van der Waals surface area (Å²) in [5.41, 5.74) is 2.36. The zero-order valence-electron chi connectivity index (χ0n) is 9.10. The molecule has 0 spiro atoms. The highest BCUT2D eigenvalue weighted by molar-refractivity contribution is 14.1. The van der Waals surface area contributed by atoms with Crippen molar-refractivity contribution in [3.05, 3.63) is 0 Å². The predicted octanol–water partition coefficient (Wildman–Crippen LogP) is 5.08. The van der Waals surface area contributed by atoms with Crippen LogP contribution in [0.5, 0.6) is 0 Å². The van der Waals surface area contributed by atoms with Crippen molar-refractivity contribution in [1.29, 1.82) is 0 Å². The van der Waals surface area contributed by atoms with Gasteiger partial charge < -0.3 is 0 Å². The molecular weight excluding hydrogens is 299 g/mol. The van der Waals surface area contributed by atoms with Crippen LogP contribution in [0.15, 0.2) is 0 Å². The largest absolute Gasteiger partial charge is 0.136 e. The lowest BCUT2D eigenvalue weighted by Gasteiger charge is -2.32. The molecule has 0 aromatic rings. The maximum Gasteiger partial charge on any atom is 0.136 e. The van der Waals surface area contributed by atoms with Crippen molar-refractivity contribution in [2.75, 3.05) is 0 Å². The van der Waals surface area contributed by atoms with Crippen molar-refractivity contribution in [2.45, 2.75) is 75.3 Å². The zero-order chi connectivity index (χ0) is 9.80. The van der Waals surface area contributed by atoms with Crippen LogP contribution in [-0.2, 0) is 0 Å². The zero-order valence-corrected chi connectivity index (χ0v) is 12.3. The minimum absolute atomic E-state index is 0.0209. The Balaban J connectivity index is 1.82. The molecule has 81 valence electrons. The molecule has 14 heavy (non-hydrogen) atoms. The summed E-state index contributed by atoms with van der Waals surface area (Å²) < 4.78 is 0. The lowest BCUT2D eigenvalue weighted by Crippen LogP contribution is -2.24. The Morgan fingerprint density at radius 1 is 0.643 bits per heavy atom. The van der Waals surface area contributed by atoms with E-state index in [-0.39, 0.29) is 6.29 Å². The Kier molecular flexibility index (Phi) is 4.80. The lowest BCUT2D eigenvalue weighted by molar-refractivity contribution is 0.469. The van der Waals surface area contributed by atoms with Gasteiger partial charge in [-0.25, -0.2) is 0 Å². The van der Waals surface area contributed by atoms with Gasteiger partial charge in [0, 0.05) is 0 Å². The average Bonchev–Trinajstić information content (AvgIpc) is 2.30. The van der Waals surface area contributed by atoms with E-state index >= 15 is 0 Å². The molecule has 0 atom stereocenters. The normalized spacial score (nSPS) is 27.0. The van der Waals surface area contributed by atoms with Crippen molar-refractivity contribution in [2.24, 2.45) is 0 Å². The van der Waals surface area contributed by atoms with Crippen LogP contribution in [0, 0.1) is 0 Å². The van der Waals surface area contributed by atoms with E-state index in [1.807, 2.05) is 0 Å². The van der Waals surface area contributed by atoms with Crippen molar-refractivity contribution >= 4 is 28.1 Å². The first-order valence-electron chi connectivity index (χ1n) is 6.40. The van der Waals surface area contributed by atoms with Gasteiger partial charge in [-0.3, -0.25) is 0 Å². The third-order valence-corrected chi connectivity index (χ3v) is 12.0. The molecule has 0 nitrogen and oxygen atoms in total. The van der Waals surface area contributed by atoms with Crippen LogP contribution < -0.4 is 0 Å².